The lowest BCUT2D eigenvalue weighted by Gasteiger charge is -2.34. The number of rotatable bonds is 8. The van der Waals surface area contributed by atoms with Gasteiger partial charge in [-0.2, -0.15) is 0 Å². The Hall–Kier alpha value is -8.20. The third-order valence-corrected chi connectivity index (χ3v) is 12.8. The molecular weight excluding hydrogens is 773 g/mol. The van der Waals surface area contributed by atoms with Crippen LogP contribution in [0.2, 0.25) is 0 Å². The molecule has 0 fully saturated rings. The number of para-hydroxylation sites is 1. The zero-order valence-electron chi connectivity index (χ0n) is 42.0. The summed E-state index contributed by atoms with van der Waals surface area (Å²) in [5, 5.41) is 0.320. The normalized spacial score (nSPS) is 14.1. The van der Waals surface area contributed by atoms with Crippen LogP contribution in [0.1, 0.15) is 37.4 Å². The number of hydrogen-bond donors (Lipinski definition) is 0. The van der Waals surface area contributed by atoms with Gasteiger partial charge in [0.25, 0.3) is 0 Å². The third kappa shape index (κ3) is 6.02. The van der Waals surface area contributed by atoms with Crippen molar-refractivity contribution in [2.45, 2.75) is 12.3 Å². The molecule has 0 aliphatic heterocycles. The molecule has 1 aliphatic carbocycles. The highest BCUT2D eigenvalue weighted by Crippen LogP contribution is 2.56. The minimum atomic E-state index is -0.770. The molecule has 1 aliphatic rings. The summed E-state index contributed by atoms with van der Waals surface area (Å²) in [6.45, 7) is 2.06. The molecule has 2 heteroatoms. The Morgan fingerprint density at radius 3 is 1.59 bits per heavy atom. The number of benzene rings is 10. The lowest BCUT2D eigenvalue weighted by molar-refractivity contribution is 0.767. The van der Waals surface area contributed by atoms with E-state index in [4.69, 9.17) is 2.74 Å². The minimum Gasteiger partial charge on any atom is -0.311 e. The van der Waals surface area contributed by atoms with Gasteiger partial charge in [0.2, 0.25) is 0 Å². The first-order valence-electron chi connectivity index (χ1n) is 25.1. The van der Waals surface area contributed by atoms with Gasteiger partial charge in [-0.3, -0.25) is 0 Å². The van der Waals surface area contributed by atoms with Crippen molar-refractivity contribution in [1.82, 2.24) is 4.57 Å². The molecule has 0 spiro atoms. The molecule has 2 nitrogen and oxygen atoms in total. The molecular formula is C62H44N2. The van der Waals surface area contributed by atoms with Crippen molar-refractivity contribution < 1.29 is 9.60 Å². The third-order valence-electron chi connectivity index (χ3n) is 12.8. The maximum absolute atomic E-state index is 10.0. The molecule has 0 amide bonds. The van der Waals surface area contributed by atoms with E-state index in [1.807, 2.05) is 91.0 Å². The number of fused-ring (bicyclic) bond motifs is 6. The van der Waals surface area contributed by atoms with Crippen LogP contribution in [0.4, 0.5) is 17.1 Å². The van der Waals surface area contributed by atoms with Crippen LogP contribution in [-0.4, -0.2) is 4.57 Å². The van der Waals surface area contributed by atoms with Gasteiger partial charge in [0.1, 0.15) is 0 Å². The van der Waals surface area contributed by atoms with Crippen LogP contribution in [0.25, 0.3) is 60.9 Å². The Balaban J connectivity index is 1.06. The van der Waals surface area contributed by atoms with Crippen molar-refractivity contribution in [3.8, 4) is 39.1 Å². The number of hydrogen-bond acceptors (Lipinski definition) is 1. The number of aromatic nitrogens is 1. The molecule has 10 aromatic carbocycles. The predicted octanol–water partition coefficient (Wildman–Crippen LogP) is 16.3. The number of aryl methyl sites for hydroxylation is 1. The highest BCUT2D eigenvalue weighted by molar-refractivity contribution is 6.10. The van der Waals surface area contributed by atoms with E-state index >= 15 is 0 Å². The zero-order valence-corrected chi connectivity index (χ0v) is 35.0. The molecule has 302 valence electrons. The molecule has 64 heavy (non-hydrogen) atoms. The van der Waals surface area contributed by atoms with Gasteiger partial charge in [0, 0.05) is 33.5 Å². The van der Waals surface area contributed by atoms with Gasteiger partial charge in [-0.25, -0.2) is 0 Å². The fourth-order valence-electron chi connectivity index (χ4n) is 9.84. The van der Waals surface area contributed by atoms with E-state index in [0.29, 0.717) is 11.3 Å². The summed E-state index contributed by atoms with van der Waals surface area (Å²) in [7, 11) is 0. The van der Waals surface area contributed by atoms with Crippen molar-refractivity contribution in [1.29, 1.82) is 0 Å². The van der Waals surface area contributed by atoms with Crippen LogP contribution < -0.4 is 4.90 Å². The average molecular weight is 824 g/mol. The van der Waals surface area contributed by atoms with E-state index in [9.17, 15) is 6.85 Å². The summed E-state index contributed by atoms with van der Waals surface area (Å²) < 4.78 is 67.9. The Labute approximate surface area is 384 Å². The van der Waals surface area contributed by atoms with Gasteiger partial charge < -0.3 is 9.47 Å². The van der Waals surface area contributed by atoms with E-state index in [0.717, 1.165) is 67.1 Å². The highest BCUT2D eigenvalue weighted by atomic mass is 15.1. The second kappa shape index (κ2) is 15.3. The summed E-state index contributed by atoms with van der Waals surface area (Å²) in [6, 6.07) is 67.9. The molecule has 0 atom stereocenters. The van der Waals surface area contributed by atoms with Crippen LogP contribution in [0.15, 0.2) is 249 Å². The summed E-state index contributed by atoms with van der Waals surface area (Å²) in [5.41, 5.74) is 13.2. The molecule has 0 saturated heterocycles. The quantitative estimate of drug-likeness (QED) is 0.148. The van der Waals surface area contributed by atoms with E-state index in [-0.39, 0.29) is 57.6 Å². The highest BCUT2D eigenvalue weighted by Gasteiger charge is 2.46. The maximum Gasteiger partial charge on any atom is 0.0714 e. The van der Waals surface area contributed by atoms with Gasteiger partial charge >= 0.3 is 0 Å². The summed E-state index contributed by atoms with van der Waals surface area (Å²) in [5.74, 6) is 0. The van der Waals surface area contributed by atoms with E-state index in [1.165, 1.54) is 0 Å². The largest absolute Gasteiger partial charge is 0.311 e. The van der Waals surface area contributed by atoms with Crippen LogP contribution >= 0.6 is 0 Å². The molecule has 0 saturated carbocycles. The fourth-order valence-corrected chi connectivity index (χ4v) is 9.84. The average Bonchev–Trinajstić information content (AvgIpc) is 3.93. The van der Waals surface area contributed by atoms with E-state index < -0.39 is 17.5 Å². The molecule has 12 rings (SSSR count). The number of nitrogens with zero attached hydrogens (tertiary/aromatic N) is 2. The monoisotopic (exact) mass is 823 g/mol. The molecule has 1 heterocycles. The predicted molar refractivity (Wildman–Crippen MR) is 268 cm³/mol. The lowest BCUT2D eigenvalue weighted by Crippen LogP contribution is -2.28. The standard InChI is InChI=1S/C62H44N2/c1-43-25-32-50(33-26-43)63(51-34-27-45(28-35-51)44-15-5-2-6-16-44)52-36-29-46(30-37-52)47-31-40-61-57(41-47)56-22-12-14-24-60(56)64(61)53-38-39-55-54-21-11-13-23-58(54)62(59(55)42-53,48-17-7-3-8-18-48)49-19-9-4-10-20-49/h2-42H,1H3/i12D,14D,22D,24D,31D,40D,41D. The Morgan fingerprint density at radius 2 is 0.938 bits per heavy atom. The molecule has 0 unspecified atom stereocenters. The first-order valence-corrected chi connectivity index (χ1v) is 21.6. The van der Waals surface area contributed by atoms with Crippen molar-refractivity contribution in [3.63, 3.8) is 0 Å². The summed E-state index contributed by atoms with van der Waals surface area (Å²) in [4.78, 5) is 2.16. The second-order valence-electron chi connectivity index (χ2n) is 16.4. The molecule has 0 radical (unpaired) electrons. The van der Waals surface area contributed by atoms with Crippen LogP contribution in [-0.2, 0) is 5.41 Å². The molecule has 0 bridgehead atoms. The summed E-state index contributed by atoms with van der Waals surface area (Å²) >= 11 is 0. The SMILES string of the molecule is [2H]c1c([2H])c([2H])c2c(c1[2H])c1c([2H])c(-c3ccc(N(c4ccc(C)cc4)c4ccc(-c5ccccc5)cc4)cc3)c([2H])c([2H])c1n2-c1ccc2c(c1)C(c1ccccc1)(c1ccccc1)c1ccccc1-2. The van der Waals surface area contributed by atoms with Crippen molar-refractivity contribution in [2.75, 3.05) is 4.90 Å². The Bertz CT molecular complexity index is 3830. The molecule has 11 aromatic rings. The zero-order chi connectivity index (χ0) is 48.7. The van der Waals surface area contributed by atoms with E-state index in [1.54, 1.807) is 4.57 Å². The molecule has 0 N–H and O–H groups in total. The molecule has 1 aromatic heterocycles. The first-order chi connectivity index (χ1) is 34.6. The van der Waals surface area contributed by atoms with Crippen LogP contribution in [0.5, 0.6) is 0 Å². The smallest absolute Gasteiger partial charge is 0.0714 e. The van der Waals surface area contributed by atoms with Gasteiger partial charge in [-0.05, 0) is 129 Å². The minimum absolute atomic E-state index is 0.0918. The fraction of sp³-hybridized carbons (Fsp3) is 0.0323. The topological polar surface area (TPSA) is 8.17 Å². The van der Waals surface area contributed by atoms with Gasteiger partial charge in [-0.15, -0.1) is 0 Å². The van der Waals surface area contributed by atoms with Crippen molar-refractivity contribution >= 4 is 38.9 Å². The first kappa shape index (κ1) is 30.8. The van der Waals surface area contributed by atoms with Gasteiger partial charge in [0.05, 0.1) is 26.0 Å². The van der Waals surface area contributed by atoms with Crippen molar-refractivity contribution in [2.24, 2.45) is 0 Å². The van der Waals surface area contributed by atoms with Gasteiger partial charge in [-0.1, -0.05) is 187 Å². The van der Waals surface area contributed by atoms with Gasteiger partial charge in [0.15, 0.2) is 0 Å². The maximum atomic E-state index is 10.0. The van der Waals surface area contributed by atoms with Crippen molar-refractivity contribution in [3.05, 3.63) is 276 Å². The lowest BCUT2D eigenvalue weighted by atomic mass is 9.67. The Kier molecular flexibility index (Phi) is 7.36. The van der Waals surface area contributed by atoms with E-state index in [2.05, 4.69) is 127 Å². The Morgan fingerprint density at radius 1 is 0.422 bits per heavy atom. The second-order valence-corrected chi connectivity index (χ2v) is 16.4. The van der Waals surface area contributed by atoms with Crippen LogP contribution in [0.3, 0.4) is 0 Å². The van der Waals surface area contributed by atoms with Crippen LogP contribution in [0, 0.1) is 6.92 Å². The number of anilines is 3. The summed E-state index contributed by atoms with van der Waals surface area (Å²) in [6.07, 6.45) is 0.